The number of aryl methyl sites for hydroxylation is 2. The van der Waals surface area contributed by atoms with Crippen LogP contribution in [0, 0.1) is 11.8 Å². The summed E-state index contributed by atoms with van der Waals surface area (Å²) in [6.07, 6.45) is 7.15. The molecule has 0 atom stereocenters. The summed E-state index contributed by atoms with van der Waals surface area (Å²) in [6.45, 7) is 8.30. The minimum Gasteiger partial charge on any atom is -0.361 e. The molecule has 0 amide bonds. The summed E-state index contributed by atoms with van der Waals surface area (Å²) in [5.74, 6) is 3.52. The van der Waals surface area contributed by atoms with E-state index in [9.17, 15) is 0 Å². The first-order chi connectivity index (χ1) is 11.2. The van der Waals surface area contributed by atoms with E-state index in [1.165, 1.54) is 31.2 Å². The lowest BCUT2D eigenvalue weighted by Gasteiger charge is -2.26. The van der Waals surface area contributed by atoms with E-state index in [2.05, 4.69) is 41.6 Å². The monoisotopic (exact) mass is 320 g/mol. The van der Waals surface area contributed by atoms with Gasteiger partial charge < -0.3 is 15.2 Å². The van der Waals surface area contributed by atoms with Crippen molar-refractivity contribution in [2.24, 2.45) is 16.8 Å². The van der Waals surface area contributed by atoms with Gasteiger partial charge in [0.25, 0.3) is 0 Å². The molecule has 1 aromatic heterocycles. The van der Waals surface area contributed by atoms with Gasteiger partial charge in [-0.25, -0.2) is 0 Å². The normalized spacial score (nSPS) is 22.2. The Morgan fingerprint density at radius 3 is 2.52 bits per heavy atom. The van der Waals surface area contributed by atoms with Crippen molar-refractivity contribution in [3.8, 4) is 0 Å². The van der Waals surface area contributed by atoms with Gasteiger partial charge in [-0.05, 0) is 31.1 Å². The first kappa shape index (κ1) is 17.8. The molecular weight excluding hydrogens is 288 g/mol. The van der Waals surface area contributed by atoms with Gasteiger partial charge in [0.2, 0.25) is 0 Å². The molecule has 0 aliphatic heterocycles. The van der Waals surface area contributed by atoms with Crippen LogP contribution < -0.4 is 10.6 Å². The number of hydrogen-bond donors (Lipinski definition) is 2. The van der Waals surface area contributed by atoms with E-state index in [0.717, 1.165) is 55.2 Å². The molecule has 5 heteroatoms. The largest absolute Gasteiger partial charge is 0.361 e. The van der Waals surface area contributed by atoms with Crippen LogP contribution in [-0.2, 0) is 19.4 Å². The highest BCUT2D eigenvalue weighted by molar-refractivity contribution is 5.79. The summed E-state index contributed by atoms with van der Waals surface area (Å²) in [6, 6.07) is 0. The van der Waals surface area contributed by atoms with Gasteiger partial charge in [-0.3, -0.25) is 4.99 Å². The van der Waals surface area contributed by atoms with Crippen LogP contribution in [0.4, 0.5) is 0 Å². The van der Waals surface area contributed by atoms with Crippen molar-refractivity contribution in [1.29, 1.82) is 0 Å². The highest BCUT2D eigenvalue weighted by atomic mass is 16.5. The summed E-state index contributed by atoms with van der Waals surface area (Å²) in [7, 11) is 1.83. The number of nitrogens with one attached hydrogen (secondary N) is 2. The number of aliphatic imine (C=N–C) groups is 1. The SMILES string of the molecule is CCc1noc(CC)c1CNC(=NC)NCC1CCC(C)CC1. The molecule has 130 valence electrons. The van der Waals surface area contributed by atoms with Gasteiger partial charge in [-0.15, -0.1) is 0 Å². The maximum atomic E-state index is 5.42. The van der Waals surface area contributed by atoms with Crippen LogP contribution in [0.15, 0.2) is 9.52 Å². The minimum atomic E-state index is 0.719. The zero-order valence-corrected chi connectivity index (χ0v) is 15.1. The molecule has 1 aromatic rings. The third-order valence-electron chi connectivity index (χ3n) is 4.96. The molecular formula is C18H32N4O. The topological polar surface area (TPSA) is 62.5 Å². The predicted octanol–water partition coefficient (Wildman–Crippen LogP) is 3.29. The second-order valence-electron chi connectivity index (χ2n) is 6.67. The van der Waals surface area contributed by atoms with Gasteiger partial charge in [0.05, 0.1) is 5.69 Å². The molecule has 1 heterocycles. The van der Waals surface area contributed by atoms with Gasteiger partial charge in [0, 0.05) is 32.1 Å². The first-order valence-corrected chi connectivity index (χ1v) is 9.08. The summed E-state index contributed by atoms with van der Waals surface area (Å²) >= 11 is 0. The highest BCUT2D eigenvalue weighted by Gasteiger charge is 2.18. The van der Waals surface area contributed by atoms with Crippen molar-refractivity contribution in [1.82, 2.24) is 15.8 Å². The molecule has 0 spiro atoms. The fraction of sp³-hybridized carbons (Fsp3) is 0.778. The second kappa shape index (κ2) is 8.94. The Morgan fingerprint density at radius 2 is 1.91 bits per heavy atom. The first-order valence-electron chi connectivity index (χ1n) is 9.08. The maximum Gasteiger partial charge on any atom is 0.191 e. The van der Waals surface area contributed by atoms with E-state index in [-0.39, 0.29) is 0 Å². The van der Waals surface area contributed by atoms with Crippen LogP contribution in [0.3, 0.4) is 0 Å². The molecule has 0 bridgehead atoms. The molecule has 1 saturated carbocycles. The van der Waals surface area contributed by atoms with Crippen LogP contribution in [0.1, 0.15) is 63.5 Å². The number of hydrogen-bond acceptors (Lipinski definition) is 3. The Kier molecular flexibility index (Phi) is 6.93. The second-order valence-corrected chi connectivity index (χ2v) is 6.67. The standard InChI is InChI=1S/C18H32N4O/c1-5-16-15(17(6-2)23-22-16)12-21-18(19-4)20-11-14-9-7-13(3)8-10-14/h13-14H,5-12H2,1-4H3,(H2,19,20,21). The molecule has 0 radical (unpaired) electrons. The van der Waals surface area contributed by atoms with Crippen LogP contribution in [0.2, 0.25) is 0 Å². The van der Waals surface area contributed by atoms with E-state index in [1.54, 1.807) is 0 Å². The molecule has 1 aliphatic carbocycles. The third kappa shape index (κ3) is 4.98. The lowest BCUT2D eigenvalue weighted by Crippen LogP contribution is -2.40. The molecule has 1 fully saturated rings. The van der Waals surface area contributed by atoms with Gasteiger partial charge in [-0.1, -0.05) is 38.8 Å². The number of aromatic nitrogens is 1. The Hall–Kier alpha value is -1.52. The van der Waals surface area contributed by atoms with Crippen molar-refractivity contribution in [3.63, 3.8) is 0 Å². The predicted molar refractivity (Wildman–Crippen MR) is 94.6 cm³/mol. The van der Waals surface area contributed by atoms with Gasteiger partial charge >= 0.3 is 0 Å². The van der Waals surface area contributed by atoms with Gasteiger partial charge in [-0.2, -0.15) is 0 Å². The van der Waals surface area contributed by atoms with Crippen molar-refractivity contribution >= 4 is 5.96 Å². The number of guanidine groups is 1. The molecule has 2 N–H and O–H groups in total. The van der Waals surface area contributed by atoms with Crippen molar-refractivity contribution in [3.05, 3.63) is 17.0 Å². The average Bonchev–Trinajstić information content (AvgIpc) is 2.98. The Balaban J connectivity index is 1.82. The molecule has 0 unspecified atom stereocenters. The van der Waals surface area contributed by atoms with Crippen molar-refractivity contribution in [2.75, 3.05) is 13.6 Å². The zero-order valence-electron chi connectivity index (χ0n) is 15.1. The van der Waals surface area contributed by atoms with E-state index in [1.807, 2.05) is 7.05 Å². The number of nitrogens with zero attached hydrogens (tertiary/aromatic N) is 2. The minimum absolute atomic E-state index is 0.719. The molecule has 5 nitrogen and oxygen atoms in total. The smallest absolute Gasteiger partial charge is 0.191 e. The number of rotatable bonds is 6. The highest BCUT2D eigenvalue weighted by Crippen LogP contribution is 2.27. The van der Waals surface area contributed by atoms with Crippen LogP contribution >= 0.6 is 0 Å². The van der Waals surface area contributed by atoms with E-state index in [4.69, 9.17) is 4.52 Å². The van der Waals surface area contributed by atoms with E-state index in [0.29, 0.717) is 0 Å². The fourth-order valence-electron chi connectivity index (χ4n) is 3.30. The van der Waals surface area contributed by atoms with Crippen molar-refractivity contribution in [2.45, 2.75) is 65.8 Å². The molecule has 23 heavy (non-hydrogen) atoms. The van der Waals surface area contributed by atoms with Crippen LogP contribution in [0.5, 0.6) is 0 Å². The molecule has 0 aromatic carbocycles. The lowest BCUT2D eigenvalue weighted by molar-refractivity contribution is 0.289. The summed E-state index contributed by atoms with van der Waals surface area (Å²) < 4.78 is 5.42. The van der Waals surface area contributed by atoms with Gasteiger partial charge in [0.1, 0.15) is 5.76 Å². The Morgan fingerprint density at radius 1 is 1.17 bits per heavy atom. The van der Waals surface area contributed by atoms with Gasteiger partial charge in [0.15, 0.2) is 5.96 Å². The van der Waals surface area contributed by atoms with Crippen molar-refractivity contribution < 1.29 is 4.52 Å². The molecule has 0 saturated heterocycles. The lowest BCUT2D eigenvalue weighted by atomic mass is 9.83. The average molecular weight is 320 g/mol. The summed E-state index contributed by atoms with van der Waals surface area (Å²) in [5.41, 5.74) is 2.23. The fourth-order valence-corrected chi connectivity index (χ4v) is 3.30. The van der Waals surface area contributed by atoms with E-state index >= 15 is 0 Å². The van der Waals surface area contributed by atoms with E-state index < -0.39 is 0 Å². The summed E-state index contributed by atoms with van der Waals surface area (Å²) in [5, 5.41) is 11.0. The maximum absolute atomic E-state index is 5.42. The molecule has 1 aliphatic rings. The quantitative estimate of drug-likeness (QED) is 0.623. The van der Waals surface area contributed by atoms with Crippen LogP contribution in [0.25, 0.3) is 0 Å². The molecule has 2 rings (SSSR count). The zero-order chi connectivity index (χ0) is 16.7. The Bertz CT molecular complexity index is 480. The Labute approximate surface area is 140 Å². The third-order valence-corrected chi connectivity index (χ3v) is 4.96. The van der Waals surface area contributed by atoms with Crippen LogP contribution in [-0.4, -0.2) is 24.7 Å². The summed E-state index contributed by atoms with van der Waals surface area (Å²) in [4.78, 5) is 4.34.